The second-order valence-corrected chi connectivity index (χ2v) is 30.8. The van der Waals surface area contributed by atoms with E-state index in [-0.39, 0.29) is 44.0 Å². The van der Waals surface area contributed by atoms with Gasteiger partial charge in [-0.05, 0) is 190 Å². The standard InChI is InChI=1S/C73H88Br2FNO4/c1-43-28-44(2)66(59(29-43)57-35-49(72(16,17)41-68(4,5)6)34-56(64(57)78)46-31-47(70(10,11)12)33-48(32-46)71(13,14)15)80-26-20-21-27-81-67-45(3)30-53(76)40-60(67)58-36-50(73(18,19)42-69(7,8)9)37-63(65(58)79)77-61-38-51(74)22-24-54(61)55-25-23-52(75)39-62(55)77/h22-25,28-40,78-79H,20-21,26-27,41-42H2,1-19H3. The van der Waals surface area contributed by atoms with Gasteiger partial charge in [0, 0.05) is 47.5 Å². The number of hydrogen-bond acceptors (Lipinski definition) is 4. The van der Waals surface area contributed by atoms with Gasteiger partial charge >= 0.3 is 0 Å². The van der Waals surface area contributed by atoms with Crippen LogP contribution in [0, 0.1) is 37.4 Å². The minimum Gasteiger partial charge on any atom is -0.507 e. The van der Waals surface area contributed by atoms with Gasteiger partial charge in [-0.3, -0.25) is 0 Å². The molecule has 5 nitrogen and oxygen atoms in total. The zero-order chi connectivity index (χ0) is 59.7. The van der Waals surface area contributed by atoms with Crippen LogP contribution in [0.15, 0.2) is 112 Å². The summed E-state index contributed by atoms with van der Waals surface area (Å²) in [5.41, 5.74) is 13.5. The molecular weight excluding hydrogens is 1130 g/mol. The van der Waals surface area contributed by atoms with Crippen molar-refractivity contribution in [3.63, 3.8) is 0 Å². The average molecular weight is 1220 g/mol. The molecule has 8 aromatic rings. The van der Waals surface area contributed by atoms with Crippen molar-refractivity contribution in [1.29, 1.82) is 0 Å². The Bertz CT molecular complexity index is 3590. The van der Waals surface area contributed by atoms with Crippen LogP contribution >= 0.6 is 31.9 Å². The number of unbranched alkanes of at least 4 members (excludes halogenated alkanes) is 1. The molecule has 430 valence electrons. The zero-order valence-corrected chi connectivity index (χ0v) is 55.0. The van der Waals surface area contributed by atoms with Crippen molar-refractivity contribution >= 4 is 53.7 Å². The van der Waals surface area contributed by atoms with E-state index < -0.39 is 5.82 Å². The summed E-state index contributed by atoms with van der Waals surface area (Å²) in [6.45, 7) is 43.1. The maximum Gasteiger partial charge on any atom is 0.147 e. The largest absolute Gasteiger partial charge is 0.507 e. The summed E-state index contributed by atoms with van der Waals surface area (Å²) in [5, 5.41) is 27.7. The lowest BCUT2D eigenvalue weighted by molar-refractivity contribution is 0.265. The van der Waals surface area contributed by atoms with Crippen LogP contribution in [0.1, 0.15) is 175 Å². The van der Waals surface area contributed by atoms with Gasteiger partial charge in [0.25, 0.3) is 0 Å². The number of benzene rings is 7. The molecule has 0 saturated heterocycles. The molecule has 0 atom stereocenters. The number of halogens is 3. The average Bonchev–Trinajstić information content (AvgIpc) is 3.22. The van der Waals surface area contributed by atoms with E-state index in [2.05, 4.69) is 234 Å². The van der Waals surface area contributed by atoms with E-state index in [9.17, 15) is 10.2 Å². The maximum absolute atomic E-state index is 15.9. The highest BCUT2D eigenvalue weighted by Crippen LogP contribution is 2.51. The lowest BCUT2D eigenvalue weighted by Gasteiger charge is -2.34. The van der Waals surface area contributed by atoms with Crippen LogP contribution in [0.3, 0.4) is 0 Å². The van der Waals surface area contributed by atoms with Crippen molar-refractivity contribution in [2.24, 2.45) is 10.8 Å². The SMILES string of the molecule is Cc1cc(C)c(OCCCCOc2c(C)cc(F)cc2-c2cc(C(C)(C)CC(C)(C)C)cc(-n3c4cc(Br)ccc4c4ccc(Br)cc43)c2O)c(-c2cc(C(C)(C)CC(C)(C)C)cc(-c3cc(C(C)(C)C)cc(C(C)(C)C)c3)c2O)c1. The van der Waals surface area contributed by atoms with Crippen molar-refractivity contribution < 1.29 is 24.1 Å². The second kappa shape index (κ2) is 22.5. The lowest BCUT2D eigenvalue weighted by Crippen LogP contribution is -2.25. The first-order valence-electron chi connectivity index (χ1n) is 28.9. The highest BCUT2D eigenvalue weighted by Gasteiger charge is 2.33. The van der Waals surface area contributed by atoms with E-state index in [1.807, 2.05) is 25.1 Å². The molecule has 0 aliphatic heterocycles. The maximum atomic E-state index is 15.9. The molecule has 8 heteroatoms. The van der Waals surface area contributed by atoms with Gasteiger partial charge in [-0.1, -0.05) is 179 Å². The Labute approximate surface area is 501 Å². The highest BCUT2D eigenvalue weighted by molar-refractivity contribution is 9.10. The summed E-state index contributed by atoms with van der Waals surface area (Å²) in [6.07, 6.45) is 3.11. The fraction of sp³-hybridized carbons (Fsp3) is 0.425. The normalized spacial score (nSPS) is 13.0. The first kappa shape index (κ1) is 61.5. The fourth-order valence-electron chi connectivity index (χ4n) is 12.6. The molecule has 81 heavy (non-hydrogen) atoms. The zero-order valence-electron chi connectivity index (χ0n) is 51.8. The summed E-state index contributed by atoms with van der Waals surface area (Å²) < 4.78 is 33.5. The van der Waals surface area contributed by atoms with Gasteiger partial charge < -0.3 is 24.3 Å². The smallest absolute Gasteiger partial charge is 0.147 e. The topological polar surface area (TPSA) is 63.9 Å². The van der Waals surface area contributed by atoms with Gasteiger partial charge in [0.1, 0.15) is 28.8 Å². The van der Waals surface area contributed by atoms with E-state index in [1.54, 1.807) is 0 Å². The molecule has 0 radical (unpaired) electrons. The first-order chi connectivity index (χ1) is 37.4. The molecule has 1 aromatic heterocycles. The molecule has 1 heterocycles. The molecule has 0 saturated carbocycles. The third kappa shape index (κ3) is 13.6. The van der Waals surface area contributed by atoms with Gasteiger partial charge in [-0.25, -0.2) is 4.39 Å². The summed E-state index contributed by atoms with van der Waals surface area (Å²) in [5.74, 6) is 1.13. The predicted molar refractivity (Wildman–Crippen MR) is 348 cm³/mol. The number of phenols is 2. The number of hydrogen-bond donors (Lipinski definition) is 2. The highest BCUT2D eigenvalue weighted by atomic mass is 79.9. The van der Waals surface area contributed by atoms with E-state index in [0.717, 1.165) is 93.9 Å². The number of ether oxygens (including phenoxy) is 2. The van der Waals surface area contributed by atoms with Crippen LogP contribution in [-0.2, 0) is 21.7 Å². The Morgan fingerprint density at radius 2 is 0.889 bits per heavy atom. The predicted octanol–water partition coefficient (Wildman–Crippen LogP) is 22.0. The molecule has 8 rings (SSSR count). The lowest BCUT2D eigenvalue weighted by atomic mass is 9.71. The molecule has 0 fully saturated rings. The van der Waals surface area contributed by atoms with Gasteiger partial charge in [-0.15, -0.1) is 0 Å². The minimum atomic E-state index is -0.410. The van der Waals surface area contributed by atoms with Crippen LogP contribution < -0.4 is 9.47 Å². The summed E-state index contributed by atoms with van der Waals surface area (Å²) in [4.78, 5) is 0. The first-order valence-corrected chi connectivity index (χ1v) is 30.5. The Morgan fingerprint density at radius 1 is 0.457 bits per heavy atom. The van der Waals surface area contributed by atoms with Crippen LogP contribution in [0.5, 0.6) is 23.0 Å². The van der Waals surface area contributed by atoms with Crippen LogP contribution in [0.4, 0.5) is 4.39 Å². The van der Waals surface area contributed by atoms with E-state index in [0.29, 0.717) is 54.2 Å². The third-order valence-electron chi connectivity index (χ3n) is 15.9. The van der Waals surface area contributed by atoms with Crippen molar-refractivity contribution in [2.45, 2.75) is 179 Å². The number of aromatic hydroxyl groups is 2. The van der Waals surface area contributed by atoms with Gasteiger partial charge in [0.15, 0.2) is 0 Å². The van der Waals surface area contributed by atoms with Crippen molar-refractivity contribution in [1.82, 2.24) is 4.57 Å². The third-order valence-corrected chi connectivity index (χ3v) is 16.9. The Morgan fingerprint density at radius 3 is 1.36 bits per heavy atom. The number of rotatable bonds is 15. The molecule has 0 spiro atoms. The molecule has 0 unspecified atom stereocenters. The van der Waals surface area contributed by atoms with Crippen molar-refractivity contribution in [3.8, 4) is 62.1 Å². The molecular formula is C73H88Br2FNO4. The Hall–Kier alpha value is -5.57. The number of nitrogens with zero attached hydrogens (tertiary/aromatic N) is 1. The van der Waals surface area contributed by atoms with Crippen molar-refractivity contribution in [2.75, 3.05) is 13.2 Å². The quantitative estimate of drug-likeness (QED) is 0.100. The Kier molecular flexibility index (Phi) is 17.1. The van der Waals surface area contributed by atoms with Crippen LogP contribution in [0.2, 0.25) is 0 Å². The second-order valence-electron chi connectivity index (χ2n) is 29.0. The van der Waals surface area contributed by atoms with Gasteiger partial charge in [0.2, 0.25) is 0 Å². The minimum absolute atomic E-state index is 0.00714. The fourth-order valence-corrected chi connectivity index (χ4v) is 13.3. The molecule has 0 bridgehead atoms. The monoisotopic (exact) mass is 1220 g/mol. The molecule has 0 aliphatic carbocycles. The van der Waals surface area contributed by atoms with Gasteiger partial charge in [0.05, 0.1) is 29.9 Å². The number of aryl methyl sites for hydroxylation is 3. The molecule has 0 aliphatic rings. The summed E-state index contributed by atoms with van der Waals surface area (Å²) in [7, 11) is 0. The van der Waals surface area contributed by atoms with Crippen LogP contribution in [-0.4, -0.2) is 28.0 Å². The number of fused-ring (bicyclic) bond motifs is 3. The summed E-state index contributed by atoms with van der Waals surface area (Å²) >= 11 is 7.47. The van der Waals surface area contributed by atoms with E-state index >= 15 is 4.39 Å². The van der Waals surface area contributed by atoms with Crippen molar-refractivity contribution in [3.05, 3.63) is 157 Å². The van der Waals surface area contributed by atoms with Gasteiger partial charge in [-0.2, -0.15) is 0 Å². The van der Waals surface area contributed by atoms with Crippen LogP contribution in [0.25, 0.3) is 60.9 Å². The molecule has 0 amide bonds. The number of aromatic nitrogens is 1. The number of phenolic OH excluding ortho intramolecular Hbond substituents is 2. The summed E-state index contributed by atoms with van der Waals surface area (Å²) in [6, 6.07) is 35.2. The Balaban J connectivity index is 1.14. The van der Waals surface area contributed by atoms with E-state index in [1.165, 1.54) is 23.3 Å². The molecule has 2 N–H and O–H groups in total. The van der Waals surface area contributed by atoms with E-state index in [4.69, 9.17) is 9.47 Å². The molecule has 7 aromatic carbocycles.